The molecule has 2 nitrogen and oxygen atoms in total. The zero-order valence-electron chi connectivity index (χ0n) is 12.9. The highest BCUT2D eigenvalue weighted by Crippen LogP contribution is 2.23. The van der Waals surface area contributed by atoms with Crippen molar-refractivity contribution in [2.75, 3.05) is 5.32 Å². The molecule has 3 aromatic carbocycles. The lowest BCUT2D eigenvalue weighted by Crippen LogP contribution is -2.09. The van der Waals surface area contributed by atoms with Crippen molar-refractivity contribution < 1.29 is 4.79 Å². The van der Waals surface area contributed by atoms with Gasteiger partial charge in [-0.15, -0.1) is 0 Å². The molecule has 0 aliphatic rings. The number of amides is 1. The number of benzene rings is 3. The van der Waals surface area contributed by atoms with Crippen molar-refractivity contribution in [2.24, 2.45) is 0 Å². The van der Waals surface area contributed by atoms with E-state index in [4.69, 9.17) is 11.6 Å². The number of nitrogens with one attached hydrogen (secondary N) is 1. The molecule has 0 fully saturated rings. The van der Waals surface area contributed by atoms with E-state index in [0.717, 1.165) is 16.7 Å². The maximum absolute atomic E-state index is 12.5. The van der Waals surface area contributed by atoms with Gasteiger partial charge in [-0.2, -0.15) is 0 Å². The molecule has 0 aliphatic heterocycles. The number of anilines is 1. The van der Waals surface area contributed by atoms with Crippen LogP contribution in [0.5, 0.6) is 0 Å². The molecule has 1 amide bonds. The van der Waals surface area contributed by atoms with E-state index in [1.807, 2.05) is 66.7 Å². The summed E-state index contributed by atoms with van der Waals surface area (Å²) in [5.74, 6) is -0.194. The Hall–Kier alpha value is -2.84. The summed E-state index contributed by atoms with van der Waals surface area (Å²) in [5.41, 5.74) is 3.52. The van der Waals surface area contributed by atoms with E-state index in [2.05, 4.69) is 5.32 Å². The monoisotopic (exact) mass is 333 g/mol. The molecule has 0 saturated carbocycles. The predicted molar refractivity (Wildman–Crippen MR) is 100 cm³/mol. The van der Waals surface area contributed by atoms with Gasteiger partial charge in [0, 0.05) is 16.8 Å². The summed E-state index contributed by atoms with van der Waals surface area (Å²) in [5, 5.41) is 3.44. The lowest BCUT2D eigenvalue weighted by molar-refractivity contribution is -0.111. The average molecular weight is 334 g/mol. The number of carbonyl (C=O) groups excluding carboxylic acids is 1. The first-order valence-electron chi connectivity index (χ1n) is 7.61. The Morgan fingerprint density at radius 3 is 1.92 bits per heavy atom. The second-order valence-electron chi connectivity index (χ2n) is 5.29. The molecule has 0 radical (unpaired) electrons. The molecule has 0 atom stereocenters. The fraction of sp³-hybridized carbons (Fsp3) is 0. The Morgan fingerprint density at radius 2 is 1.38 bits per heavy atom. The quantitative estimate of drug-likeness (QED) is 0.635. The van der Waals surface area contributed by atoms with Crippen molar-refractivity contribution in [3.8, 4) is 0 Å². The minimum atomic E-state index is -0.194. The lowest BCUT2D eigenvalue weighted by Gasteiger charge is -2.09. The normalized spacial score (nSPS) is 10.0. The van der Waals surface area contributed by atoms with Gasteiger partial charge in [-0.1, -0.05) is 78.3 Å². The van der Waals surface area contributed by atoms with Gasteiger partial charge in [0.25, 0.3) is 0 Å². The van der Waals surface area contributed by atoms with E-state index in [0.29, 0.717) is 10.7 Å². The number of hydrogen-bond acceptors (Lipinski definition) is 1. The van der Waals surface area contributed by atoms with Gasteiger partial charge < -0.3 is 5.32 Å². The molecule has 0 aliphatic carbocycles. The summed E-state index contributed by atoms with van der Waals surface area (Å²) in [6, 6.07) is 26.8. The van der Waals surface area contributed by atoms with Crippen LogP contribution >= 0.6 is 11.6 Å². The molecule has 3 rings (SSSR count). The molecule has 3 aromatic rings. The Labute approximate surface area is 146 Å². The SMILES string of the molecule is O=C(C=C(c1ccccc1)c1ccccc1)Nc1cccc(Cl)c1. The highest BCUT2D eigenvalue weighted by molar-refractivity contribution is 6.31. The van der Waals surface area contributed by atoms with Gasteiger partial charge in [-0.05, 0) is 34.9 Å². The summed E-state index contributed by atoms with van der Waals surface area (Å²) >= 11 is 5.96. The minimum absolute atomic E-state index is 0.194. The molecule has 0 saturated heterocycles. The fourth-order valence-electron chi connectivity index (χ4n) is 2.44. The number of carbonyl (C=O) groups is 1. The Balaban J connectivity index is 1.93. The third-order valence-corrected chi connectivity index (χ3v) is 3.77. The van der Waals surface area contributed by atoms with E-state index < -0.39 is 0 Å². The summed E-state index contributed by atoms with van der Waals surface area (Å²) in [6.07, 6.45) is 1.62. The van der Waals surface area contributed by atoms with Crippen LogP contribution in [0.2, 0.25) is 5.02 Å². The molecule has 1 N–H and O–H groups in total. The first-order chi connectivity index (χ1) is 11.7. The van der Waals surface area contributed by atoms with Gasteiger partial charge in [-0.25, -0.2) is 0 Å². The van der Waals surface area contributed by atoms with Crippen LogP contribution in [-0.2, 0) is 4.79 Å². The van der Waals surface area contributed by atoms with Crippen LogP contribution in [-0.4, -0.2) is 5.91 Å². The van der Waals surface area contributed by atoms with E-state index >= 15 is 0 Å². The Bertz CT molecular complexity index is 816. The summed E-state index contributed by atoms with van der Waals surface area (Å²) in [6.45, 7) is 0. The van der Waals surface area contributed by atoms with Crippen molar-refractivity contribution in [1.29, 1.82) is 0 Å². The lowest BCUT2D eigenvalue weighted by atomic mass is 9.97. The maximum atomic E-state index is 12.5. The van der Waals surface area contributed by atoms with E-state index in [1.165, 1.54) is 0 Å². The number of hydrogen-bond donors (Lipinski definition) is 1. The first kappa shape index (κ1) is 16.0. The standard InChI is InChI=1S/C21H16ClNO/c22-18-12-7-13-19(14-18)23-21(24)15-20(16-8-3-1-4-9-16)17-10-5-2-6-11-17/h1-15H,(H,23,24). The Kier molecular flexibility index (Phi) is 5.09. The summed E-state index contributed by atoms with van der Waals surface area (Å²) < 4.78 is 0. The molecule has 0 spiro atoms. The predicted octanol–water partition coefficient (Wildman–Crippen LogP) is 5.41. The molecule has 0 heterocycles. The number of halogens is 1. The van der Waals surface area contributed by atoms with Crippen LogP contribution in [0, 0.1) is 0 Å². The van der Waals surface area contributed by atoms with Crippen molar-refractivity contribution in [3.05, 3.63) is 107 Å². The zero-order chi connectivity index (χ0) is 16.8. The average Bonchev–Trinajstić information content (AvgIpc) is 2.61. The first-order valence-corrected chi connectivity index (χ1v) is 7.99. The van der Waals surface area contributed by atoms with Gasteiger partial charge >= 0.3 is 0 Å². The molecule has 24 heavy (non-hydrogen) atoms. The Morgan fingerprint density at radius 1 is 0.792 bits per heavy atom. The van der Waals surface area contributed by atoms with E-state index in [9.17, 15) is 4.79 Å². The minimum Gasteiger partial charge on any atom is -0.322 e. The molecule has 0 bridgehead atoms. The smallest absolute Gasteiger partial charge is 0.249 e. The van der Waals surface area contributed by atoms with Gasteiger partial charge in [0.05, 0.1) is 0 Å². The summed E-state index contributed by atoms with van der Waals surface area (Å²) in [7, 11) is 0. The van der Waals surface area contributed by atoms with Crippen molar-refractivity contribution in [1.82, 2.24) is 0 Å². The van der Waals surface area contributed by atoms with Gasteiger partial charge in [0.1, 0.15) is 0 Å². The van der Waals surface area contributed by atoms with Gasteiger partial charge in [0.2, 0.25) is 5.91 Å². The molecular weight excluding hydrogens is 318 g/mol. The van der Waals surface area contributed by atoms with E-state index in [-0.39, 0.29) is 5.91 Å². The van der Waals surface area contributed by atoms with Gasteiger partial charge in [-0.3, -0.25) is 4.79 Å². The highest BCUT2D eigenvalue weighted by atomic mass is 35.5. The van der Waals surface area contributed by atoms with Crippen LogP contribution < -0.4 is 5.32 Å². The van der Waals surface area contributed by atoms with Gasteiger partial charge in [0.15, 0.2) is 0 Å². The van der Waals surface area contributed by atoms with Crippen LogP contribution in [0.25, 0.3) is 5.57 Å². The molecule has 0 aromatic heterocycles. The largest absolute Gasteiger partial charge is 0.322 e. The fourth-order valence-corrected chi connectivity index (χ4v) is 2.63. The van der Waals surface area contributed by atoms with Crippen LogP contribution in [0.4, 0.5) is 5.69 Å². The zero-order valence-corrected chi connectivity index (χ0v) is 13.7. The molecule has 118 valence electrons. The van der Waals surface area contributed by atoms with Crippen molar-refractivity contribution >= 4 is 28.8 Å². The molecular formula is C21H16ClNO. The third-order valence-electron chi connectivity index (χ3n) is 3.54. The van der Waals surface area contributed by atoms with Crippen molar-refractivity contribution in [3.63, 3.8) is 0 Å². The van der Waals surface area contributed by atoms with Crippen LogP contribution in [0.1, 0.15) is 11.1 Å². The maximum Gasteiger partial charge on any atom is 0.249 e. The second-order valence-corrected chi connectivity index (χ2v) is 5.73. The van der Waals surface area contributed by atoms with Crippen molar-refractivity contribution in [2.45, 2.75) is 0 Å². The van der Waals surface area contributed by atoms with Crippen LogP contribution in [0.3, 0.4) is 0 Å². The summed E-state index contributed by atoms with van der Waals surface area (Å²) in [4.78, 5) is 12.5. The highest BCUT2D eigenvalue weighted by Gasteiger charge is 2.08. The number of rotatable bonds is 4. The van der Waals surface area contributed by atoms with Crippen LogP contribution in [0.15, 0.2) is 91.0 Å². The molecule has 0 unspecified atom stereocenters. The third kappa shape index (κ3) is 4.12. The second kappa shape index (κ2) is 7.62. The topological polar surface area (TPSA) is 29.1 Å². The molecule has 3 heteroatoms. The van der Waals surface area contributed by atoms with E-state index in [1.54, 1.807) is 24.3 Å².